The van der Waals surface area contributed by atoms with Crippen LogP contribution in [0.3, 0.4) is 0 Å². The average molecular weight is 263 g/mol. The van der Waals surface area contributed by atoms with Crippen molar-refractivity contribution in [3.8, 4) is 5.69 Å². The largest absolute Gasteiger partial charge is 0.416 e. The van der Waals surface area contributed by atoms with Crippen molar-refractivity contribution in [2.75, 3.05) is 0 Å². The second kappa shape index (κ2) is 4.35. The standard InChI is InChI=1S/C10H6F5N3/c11-9(12)8-5-16-17-18(8)7-3-1-2-6(4-7)10(13,14)15/h1-5,9H. The lowest BCUT2D eigenvalue weighted by molar-refractivity contribution is -0.137. The van der Waals surface area contributed by atoms with E-state index in [0.29, 0.717) is 4.68 Å². The Morgan fingerprint density at radius 2 is 1.89 bits per heavy atom. The van der Waals surface area contributed by atoms with Gasteiger partial charge >= 0.3 is 6.18 Å². The zero-order valence-electron chi connectivity index (χ0n) is 8.70. The smallest absolute Gasteiger partial charge is 0.212 e. The number of hydrogen-bond acceptors (Lipinski definition) is 2. The molecule has 0 radical (unpaired) electrons. The maximum atomic E-state index is 12.6. The Kier molecular flexibility index (Phi) is 3.02. The van der Waals surface area contributed by atoms with Crippen molar-refractivity contribution in [2.24, 2.45) is 0 Å². The molecule has 0 aliphatic heterocycles. The van der Waals surface area contributed by atoms with Crippen LogP contribution in [0.2, 0.25) is 0 Å². The maximum Gasteiger partial charge on any atom is 0.416 e. The fourth-order valence-corrected chi connectivity index (χ4v) is 1.41. The number of rotatable bonds is 2. The highest BCUT2D eigenvalue weighted by atomic mass is 19.4. The van der Waals surface area contributed by atoms with Gasteiger partial charge in [0.05, 0.1) is 17.4 Å². The molecule has 0 atom stereocenters. The molecular formula is C10H6F5N3. The van der Waals surface area contributed by atoms with Crippen molar-refractivity contribution in [3.05, 3.63) is 41.7 Å². The van der Waals surface area contributed by atoms with E-state index in [4.69, 9.17) is 0 Å². The van der Waals surface area contributed by atoms with Crippen LogP contribution >= 0.6 is 0 Å². The van der Waals surface area contributed by atoms with E-state index < -0.39 is 23.9 Å². The predicted molar refractivity (Wildman–Crippen MR) is 51.3 cm³/mol. The number of hydrogen-bond donors (Lipinski definition) is 0. The van der Waals surface area contributed by atoms with Gasteiger partial charge in [0.15, 0.2) is 0 Å². The van der Waals surface area contributed by atoms with Crippen LogP contribution in [0.1, 0.15) is 17.7 Å². The Morgan fingerprint density at radius 1 is 1.17 bits per heavy atom. The van der Waals surface area contributed by atoms with Crippen LogP contribution in [0.5, 0.6) is 0 Å². The zero-order chi connectivity index (χ0) is 13.3. The Labute approximate surface area is 97.8 Å². The van der Waals surface area contributed by atoms with Gasteiger partial charge in [-0.1, -0.05) is 11.3 Å². The van der Waals surface area contributed by atoms with E-state index in [1.54, 1.807) is 0 Å². The zero-order valence-corrected chi connectivity index (χ0v) is 8.70. The molecule has 0 aliphatic rings. The van der Waals surface area contributed by atoms with Crippen LogP contribution < -0.4 is 0 Å². The SMILES string of the molecule is FC(F)c1cnnn1-c1cccc(C(F)(F)F)c1. The Balaban J connectivity index is 2.48. The Hall–Kier alpha value is -1.99. The first-order chi connectivity index (χ1) is 8.39. The van der Waals surface area contributed by atoms with Crippen molar-refractivity contribution >= 4 is 0 Å². The summed E-state index contributed by atoms with van der Waals surface area (Å²) in [6.07, 6.45) is -6.60. The lowest BCUT2D eigenvalue weighted by atomic mass is 10.2. The fraction of sp³-hybridized carbons (Fsp3) is 0.200. The molecule has 2 rings (SSSR count). The highest BCUT2D eigenvalue weighted by Crippen LogP contribution is 2.30. The summed E-state index contributed by atoms with van der Waals surface area (Å²) in [4.78, 5) is 0. The number of nitrogens with zero attached hydrogens (tertiary/aromatic N) is 3. The second-order valence-corrected chi connectivity index (χ2v) is 3.42. The van der Waals surface area contributed by atoms with E-state index in [-0.39, 0.29) is 5.69 Å². The van der Waals surface area contributed by atoms with Gasteiger partial charge in [0, 0.05) is 0 Å². The van der Waals surface area contributed by atoms with E-state index in [1.807, 2.05) is 0 Å². The molecule has 1 heterocycles. The van der Waals surface area contributed by atoms with Gasteiger partial charge < -0.3 is 0 Å². The first kappa shape index (κ1) is 12.5. The minimum atomic E-state index is -4.54. The lowest BCUT2D eigenvalue weighted by Crippen LogP contribution is -2.08. The summed E-state index contributed by atoms with van der Waals surface area (Å²) in [7, 11) is 0. The molecule has 0 fully saturated rings. The lowest BCUT2D eigenvalue weighted by Gasteiger charge is -2.09. The minimum Gasteiger partial charge on any atom is -0.212 e. The van der Waals surface area contributed by atoms with Crippen LogP contribution in [-0.2, 0) is 6.18 Å². The molecule has 8 heteroatoms. The predicted octanol–water partition coefficient (Wildman–Crippen LogP) is 3.22. The minimum absolute atomic E-state index is 0.113. The molecule has 0 aliphatic carbocycles. The first-order valence-electron chi connectivity index (χ1n) is 4.76. The van der Waals surface area contributed by atoms with Gasteiger partial charge in [-0.3, -0.25) is 0 Å². The number of benzene rings is 1. The molecule has 1 aromatic carbocycles. The van der Waals surface area contributed by atoms with E-state index in [9.17, 15) is 22.0 Å². The highest BCUT2D eigenvalue weighted by molar-refractivity contribution is 5.37. The molecule has 0 N–H and O–H groups in total. The fourth-order valence-electron chi connectivity index (χ4n) is 1.41. The molecule has 0 saturated carbocycles. The molecule has 96 valence electrons. The molecule has 0 amide bonds. The molecule has 1 aromatic heterocycles. The quantitative estimate of drug-likeness (QED) is 0.779. The van der Waals surface area contributed by atoms with E-state index in [0.717, 1.165) is 24.4 Å². The monoisotopic (exact) mass is 263 g/mol. The van der Waals surface area contributed by atoms with Gasteiger partial charge in [-0.05, 0) is 18.2 Å². The second-order valence-electron chi connectivity index (χ2n) is 3.42. The van der Waals surface area contributed by atoms with Crippen LogP contribution in [0.4, 0.5) is 22.0 Å². The molecule has 0 unspecified atom stereocenters. The molecule has 18 heavy (non-hydrogen) atoms. The number of alkyl halides is 5. The summed E-state index contributed by atoms with van der Waals surface area (Å²) in [6, 6.07) is 3.95. The normalized spacial score (nSPS) is 12.1. The van der Waals surface area contributed by atoms with Gasteiger partial charge in [-0.2, -0.15) is 13.2 Å². The molecule has 0 spiro atoms. The van der Waals surface area contributed by atoms with Crippen molar-refractivity contribution in [2.45, 2.75) is 12.6 Å². The van der Waals surface area contributed by atoms with Gasteiger partial charge in [0.25, 0.3) is 6.43 Å². The van der Waals surface area contributed by atoms with E-state index >= 15 is 0 Å². The molecule has 3 nitrogen and oxygen atoms in total. The average Bonchev–Trinajstić information content (AvgIpc) is 2.77. The number of aromatic nitrogens is 3. The summed E-state index contributed by atoms with van der Waals surface area (Å²) in [6.45, 7) is 0. The van der Waals surface area contributed by atoms with Gasteiger partial charge in [-0.15, -0.1) is 5.10 Å². The van der Waals surface area contributed by atoms with Crippen LogP contribution in [-0.4, -0.2) is 15.0 Å². The van der Waals surface area contributed by atoms with Gasteiger partial charge in [0.1, 0.15) is 5.69 Å². The third kappa shape index (κ3) is 2.31. The van der Waals surface area contributed by atoms with E-state index in [2.05, 4.69) is 10.3 Å². The van der Waals surface area contributed by atoms with Crippen molar-refractivity contribution in [3.63, 3.8) is 0 Å². The topological polar surface area (TPSA) is 30.7 Å². The van der Waals surface area contributed by atoms with Crippen molar-refractivity contribution < 1.29 is 22.0 Å². The molecule has 0 saturated heterocycles. The summed E-state index contributed by atoms with van der Waals surface area (Å²) < 4.78 is 63.2. The third-order valence-corrected chi connectivity index (χ3v) is 2.22. The van der Waals surface area contributed by atoms with E-state index in [1.165, 1.54) is 6.07 Å². The van der Waals surface area contributed by atoms with Crippen LogP contribution in [0, 0.1) is 0 Å². The van der Waals surface area contributed by atoms with Crippen LogP contribution in [0.15, 0.2) is 30.5 Å². The summed E-state index contributed by atoms with van der Waals surface area (Å²) in [5.41, 5.74) is -1.61. The van der Waals surface area contributed by atoms with Gasteiger partial charge in [0.2, 0.25) is 0 Å². The number of halogens is 5. The maximum absolute atomic E-state index is 12.6. The molecule has 2 aromatic rings. The molecular weight excluding hydrogens is 257 g/mol. The van der Waals surface area contributed by atoms with Gasteiger partial charge in [-0.25, -0.2) is 13.5 Å². The molecule has 0 bridgehead atoms. The summed E-state index contributed by atoms with van der Waals surface area (Å²) in [5.74, 6) is 0. The van der Waals surface area contributed by atoms with Crippen molar-refractivity contribution in [1.29, 1.82) is 0 Å². The third-order valence-electron chi connectivity index (χ3n) is 2.22. The Bertz CT molecular complexity index is 546. The van der Waals surface area contributed by atoms with Crippen molar-refractivity contribution in [1.82, 2.24) is 15.0 Å². The first-order valence-corrected chi connectivity index (χ1v) is 4.76. The summed E-state index contributed by atoms with van der Waals surface area (Å²) in [5, 5.41) is 6.61. The van der Waals surface area contributed by atoms with Crippen LogP contribution in [0.25, 0.3) is 5.69 Å². The Morgan fingerprint density at radius 3 is 2.50 bits per heavy atom. The summed E-state index contributed by atoms with van der Waals surface area (Å²) >= 11 is 0. The highest BCUT2D eigenvalue weighted by Gasteiger charge is 2.30.